The molecule has 3 rings (SSSR count). The van der Waals surface area contributed by atoms with E-state index in [2.05, 4.69) is 30.0 Å². The Balaban J connectivity index is 1.48. The predicted molar refractivity (Wildman–Crippen MR) is 90.8 cm³/mol. The molecule has 2 aliphatic heterocycles. The van der Waals surface area contributed by atoms with Crippen molar-refractivity contribution in [2.75, 3.05) is 13.2 Å². The van der Waals surface area contributed by atoms with Crippen molar-refractivity contribution in [3.63, 3.8) is 0 Å². The molecule has 0 spiro atoms. The lowest BCUT2D eigenvalue weighted by molar-refractivity contribution is 0.0558. The lowest BCUT2D eigenvalue weighted by atomic mass is 9.74. The van der Waals surface area contributed by atoms with E-state index in [4.69, 9.17) is 16.3 Å². The molecule has 0 radical (unpaired) electrons. The van der Waals surface area contributed by atoms with Crippen LogP contribution in [0.3, 0.4) is 0 Å². The highest BCUT2D eigenvalue weighted by atomic mass is 35.5. The highest BCUT2D eigenvalue weighted by Crippen LogP contribution is 2.35. The molecule has 1 aliphatic carbocycles. The molecule has 4 unspecified atom stereocenters. The number of rotatable bonds is 4. The number of ether oxygens (including phenoxy) is 1. The SMILES string of the molecule is CC1C(NC[C@@H]2CCCO2)NNC(C2CCC(Cl)CC2)C1C. The highest BCUT2D eigenvalue weighted by molar-refractivity contribution is 6.20. The van der Waals surface area contributed by atoms with Gasteiger partial charge in [-0.15, -0.1) is 11.6 Å². The number of halogens is 1. The van der Waals surface area contributed by atoms with Crippen molar-refractivity contribution in [1.82, 2.24) is 16.2 Å². The van der Waals surface area contributed by atoms with Gasteiger partial charge < -0.3 is 4.74 Å². The Labute approximate surface area is 140 Å². The molecule has 0 aromatic heterocycles. The maximum absolute atomic E-state index is 6.25. The van der Waals surface area contributed by atoms with Crippen LogP contribution in [0.15, 0.2) is 0 Å². The number of alkyl halides is 1. The van der Waals surface area contributed by atoms with Crippen LogP contribution in [0.1, 0.15) is 52.4 Å². The molecule has 22 heavy (non-hydrogen) atoms. The quantitative estimate of drug-likeness (QED) is 0.694. The zero-order valence-corrected chi connectivity index (χ0v) is 14.7. The van der Waals surface area contributed by atoms with Gasteiger partial charge in [0, 0.05) is 24.6 Å². The average molecular weight is 330 g/mol. The molecule has 128 valence electrons. The zero-order valence-electron chi connectivity index (χ0n) is 14.0. The number of nitrogens with one attached hydrogen (secondary N) is 3. The third-order valence-electron chi connectivity index (χ3n) is 6.13. The largest absolute Gasteiger partial charge is 0.377 e. The molecule has 3 fully saturated rings. The second kappa shape index (κ2) is 7.80. The number of hydrogen-bond acceptors (Lipinski definition) is 4. The lowest BCUT2D eigenvalue weighted by Gasteiger charge is -2.46. The molecule has 5 heteroatoms. The van der Waals surface area contributed by atoms with Crippen LogP contribution in [0.4, 0.5) is 0 Å². The molecule has 4 nitrogen and oxygen atoms in total. The minimum Gasteiger partial charge on any atom is -0.377 e. The van der Waals surface area contributed by atoms with E-state index in [1.54, 1.807) is 0 Å². The van der Waals surface area contributed by atoms with Gasteiger partial charge in [-0.3, -0.25) is 10.7 Å². The Morgan fingerprint density at radius 3 is 2.50 bits per heavy atom. The summed E-state index contributed by atoms with van der Waals surface area (Å²) in [5.41, 5.74) is 7.15. The molecular formula is C17H32ClN3O. The summed E-state index contributed by atoms with van der Waals surface area (Å²) in [5, 5.41) is 4.06. The van der Waals surface area contributed by atoms with Gasteiger partial charge in [0.05, 0.1) is 12.3 Å². The van der Waals surface area contributed by atoms with E-state index in [0.29, 0.717) is 35.5 Å². The van der Waals surface area contributed by atoms with Gasteiger partial charge in [0.1, 0.15) is 0 Å². The van der Waals surface area contributed by atoms with E-state index in [1.165, 1.54) is 38.5 Å². The van der Waals surface area contributed by atoms with Crippen LogP contribution in [-0.4, -0.2) is 36.8 Å². The molecule has 3 N–H and O–H groups in total. The first-order valence-corrected chi connectivity index (χ1v) is 9.59. The fourth-order valence-corrected chi connectivity index (χ4v) is 4.62. The van der Waals surface area contributed by atoms with Crippen molar-refractivity contribution in [2.45, 2.75) is 76.1 Å². The molecule has 1 saturated carbocycles. The van der Waals surface area contributed by atoms with Gasteiger partial charge in [-0.1, -0.05) is 13.8 Å². The topological polar surface area (TPSA) is 45.3 Å². The van der Waals surface area contributed by atoms with E-state index in [0.717, 1.165) is 19.1 Å². The zero-order chi connectivity index (χ0) is 15.5. The Morgan fingerprint density at radius 2 is 1.82 bits per heavy atom. The van der Waals surface area contributed by atoms with Crippen LogP contribution < -0.4 is 16.2 Å². The third kappa shape index (κ3) is 3.96. The Hall–Kier alpha value is 0.130. The Bertz CT molecular complexity index is 343. The summed E-state index contributed by atoms with van der Waals surface area (Å²) in [7, 11) is 0. The molecule has 0 aromatic rings. The average Bonchev–Trinajstić information content (AvgIpc) is 3.03. The second-order valence-electron chi connectivity index (χ2n) is 7.57. The van der Waals surface area contributed by atoms with E-state index in [-0.39, 0.29) is 0 Å². The first kappa shape index (κ1) is 17.0. The standard InChI is InChI=1S/C17H32ClN3O/c1-11-12(2)17(19-10-15-4-3-9-22-15)21-20-16(11)13-5-7-14(18)8-6-13/h11-17,19-21H,3-10H2,1-2H3/t11?,12?,13?,14?,15-,16?,17?/m0/s1. The van der Waals surface area contributed by atoms with Gasteiger partial charge in [-0.05, 0) is 56.3 Å². The molecule has 0 amide bonds. The van der Waals surface area contributed by atoms with Crippen LogP contribution in [0, 0.1) is 17.8 Å². The van der Waals surface area contributed by atoms with Crippen LogP contribution in [0.25, 0.3) is 0 Å². The van der Waals surface area contributed by atoms with Crippen LogP contribution in [-0.2, 0) is 4.74 Å². The molecule has 0 aromatic carbocycles. The summed E-state index contributed by atoms with van der Waals surface area (Å²) in [4.78, 5) is 0. The summed E-state index contributed by atoms with van der Waals surface area (Å²) in [6.45, 7) is 6.65. The fraction of sp³-hybridized carbons (Fsp3) is 1.00. The van der Waals surface area contributed by atoms with Gasteiger partial charge in [-0.2, -0.15) is 0 Å². The third-order valence-corrected chi connectivity index (χ3v) is 6.56. The van der Waals surface area contributed by atoms with Gasteiger partial charge in [0.15, 0.2) is 0 Å². The second-order valence-corrected chi connectivity index (χ2v) is 8.18. The van der Waals surface area contributed by atoms with Crippen LogP contribution in [0.5, 0.6) is 0 Å². The Morgan fingerprint density at radius 1 is 1.05 bits per heavy atom. The minimum absolute atomic E-state index is 0.333. The van der Waals surface area contributed by atoms with Gasteiger partial charge in [-0.25, -0.2) is 5.43 Å². The van der Waals surface area contributed by atoms with E-state index < -0.39 is 0 Å². The maximum atomic E-state index is 6.25. The molecule has 2 heterocycles. The number of hydrogen-bond donors (Lipinski definition) is 3. The van der Waals surface area contributed by atoms with E-state index in [1.807, 2.05) is 0 Å². The summed E-state index contributed by atoms with van der Waals surface area (Å²) in [5.74, 6) is 2.04. The first-order valence-electron chi connectivity index (χ1n) is 9.15. The number of hydrazine groups is 1. The summed E-state index contributed by atoms with van der Waals surface area (Å²) < 4.78 is 5.71. The van der Waals surface area contributed by atoms with Gasteiger partial charge >= 0.3 is 0 Å². The summed E-state index contributed by atoms with van der Waals surface area (Å²) in [6.07, 6.45) is 8.01. The normalized spacial score (nSPS) is 46.8. The van der Waals surface area contributed by atoms with Crippen LogP contribution in [0.2, 0.25) is 0 Å². The first-order chi connectivity index (χ1) is 10.6. The van der Waals surface area contributed by atoms with Crippen molar-refractivity contribution < 1.29 is 4.74 Å². The molecule has 0 bridgehead atoms. The lowest BCUT2D eigenvalue weighted by Crippen LogP contribution is -2.66. The molecule has 3 aliphatic rings. The summed E-state index contributed by atoms with van der Waals surface area (Å²) in [6, 6.07) is 0.569. The predicted octanol–water partition coefficient (Wildman–Crippen LogP) is 2.63. The van der Waals surface area contributed by atoms with Crippen LogP contribution >= 0.6 is 11.6 Å². The van der Waals surface area contributed by atoms with E-state index in [9.17, 15) is 0 Å². The molecule has 5 atom stereocenters. The highest BCUT2D eigenvalue weighted by Gasteiger charge is 2.38. The smallest absolute Gasteiger partial charge is 0.0734 e. The van der Waals surface area contributed by atoms with Crippen molar-refractivity contribution in [3.8, 4) is 0 Å². The van der Waals surface area contributed by atoms with Gasteiger partial charge in [0.25, 0.3) is 0 Å². The van der Waals surface area contributed by atoms with Crippen molar-refractivity contribution in [2.24, 2.45) is 17.8 Å². The minimum atomic E-state index is 0.333. The molecular weight excluding hydrogens is 298 g/mol. The van der Waals surface area contributed by atoms with Gasteiger partial charge in [0.2, 0.25) is 0 Å². The fourth-order valence-electron chi connectivity index (χ4n) is 4.36. The van der Waals surface area contributed by atoms with Crippen molar-refractivity contribution in [3.05, 3.63) is 0 Å². The monoisotopic (exact) mass is 329 g/mol. The van der Waals surface area contributed by atoms with Crippen molar-refractivity contribution >= 4 is 11.6 Å². The van der Waals surface area contributed by atoms with Crippen molar-refractivity contribution in [1.29, 1.82) is 0 Å². The molecule has 2 saturated heterocycles. The summed E-state index contributed by atoms with van der Waals surface area (Å²) >= 11 is 6.25. The maximum Gasteiger partial charge on any atom is 0.0734 e. The van der Waals surface area contributed by atoms with E-state index >= 15 is 0 Å². The Kier molecular flexibility index (Phi) is 6.02.